The molecule has 0 fully saturated rings. The van der Waals surface area contributed by atoms with E-state index in [0.29, 0.717) is 6.42 Å². The zero-order chi connectivity index (χ0) is 7.66. The molecule has 0 aliphatic carbocycles. The quantitative estimate of drug-likeness (QED) is 0.421. The van der Waals surface area contributed by atoms with Crippen LogP contribution in [0.25, 0.3) is 0 Å². The number of nitrogens with zero attached hydrogens (tertiary/aromatic N) is 1. The molecule has 0 saturated heterocycles. The maximum atomic E-state index is 8.19. The molecule has 0 aromatic heterocycles. The standard InChI is InChI=1S/C9H15N/c1-2-3-4-5-6-7-8-9-10/h5-6H,2-4,7-8H2,1H3/b6-5+/i9-1. The van der Waals surface area contributed by atoms with Gasteiger partial charge in [-0.3, -0.25) is 0 Å². The Bertz CT molecular complexity index is 119. The Morgan fingerprint density at radius 2 is 2.00 bits per heavy atom. The van der Waals surface area contributed by atoms with Crippen LogP contribution in [-0.2, 0) is 0 Å². The van der Waals surface area contributed by atoms with Crippen molar-refractivity contribution in [2.75, 3.05) is 0 Å². The Morgan fingerprint density at radius 1 is 1.30 bits per heavy atom. The molecule has 0 rings (SSSR count). The number of hydrogen-bond acceptors (Lipinski definition) is 1. The summed E-state index contributed by atoms with van der Waals surface area (Å²) in [6, 6.07) is 2.11. The van der Waals surface area contributed by atoms with Crippen molar-refractivity contribution in [1.82, 2.24) is 0 Å². The highest BCUT2D eigenvalue weighted by molar-refractivity contribution is 4.85. The van der Waals surface area contributed by atoms with Gasteiger partial charge in [-0.05, 0) is 12.8 Å². The molecule has 0 saturated carbocycles. The summed E-state index contributed by atoms with van der Waals surface area (Å²) < 4.78 is 0. The Kier molecular flexibility index (Phi) is 7.60. The second-order valence-electron chi connectivity index (χ2n) is 2.31. The molecule has 0 bridgehead atoms. The van der Waals surface area contributed by atoms with E-state index in [4.69, 9.17) is 5.26 Å². The lowest BCUT2D eigenvalue weighted by atomic mass is 10.1. The summed E-state index contributed by atoms with van der Waals surface area (Å²) in [6.07, 6.45) is 9.52. The van der Waals surface area contributed by atoms with Gasteiger partial charge in [0.15, 0.2) is 0 Å². The van der Waals surface area contributed by atoms with Crippen LogP contribution in [0.1, 0.15) is 39.0 Å². The fourth-order valence-electron chi connectivity index (χ4n) is 0.706. The van der Waals surface area contributed by atoms with Crippen molar-refractivity contribution in [2.45, 2.75) is 39.0 Å². The van der Waals surface area contributed by atoms with E-state index in [1.54, 1.807) is 0 Å². The van der Waals surface area contributed by atoms with Gasteiger partial charge in [0.2, 0.25) is 0 Å². The lowest BCUT2D eigenvalue weighted by Gasteiger charge is -1.86. The highest BCUT2D eigenvalue weighted by Crippen LogP contribution is 1.96. The third-order valence-electron chi connectivity index (χ3n) is 1.31. The molecule has 0 heterocycles. The number of hydrogen-bond donors (Lipinski definition) is 0. The van der Waals surface area contributed by atoms with Gasteiger partial charge in [0.05, 0.1) is 6.07 Å². The molecule has 0 radical (unpaired) electrons. The van der Waals surface area contributed by atoms with Gasteiger partial charge in [-0.25, -0.2) is 0 Å². The first-order chi connectivity index (χ1) is 4.91. The van der Waals surface area contributed by atoms with E-state index in [1.165, 1.54) is 19.3 Å². The van der Waals surface area contributed by atoms with Crippen molar-refractivity contribution in [3.05, 3.63) is 12.2 Å². The largest absolute Gasteiger partial charge is 0.198 e. The molecule has 0 aromatic rings. The van der Waals surface area contributed by atoms with Gasteiger partial charge >= 0.3 is 0 Å². The van der Waals surface area contributed by atoms with Crippen LogP contribution >= 0.6 is 0 Å². The summed E-state index contributed by atoms with van der Waals surface area (Å²) in [4.78, 5) is 0. The van der Waals surface area contributed by atoms with E-state index >= 15 is 0 Å². The van der Waals surface area contributed by atoms with Crippen molar-refractivity contribution >= 4 is 0 Å². The molecule has 0 unspecified atom stereocenters. The van der Waals surface area contributed by atoms with Crippen molar-refractivity contribution in [2.24, 2.45) is 0 Å². The molecule has 1 nitrogen and oxygen atoms in total. The number of unbranched alkanes of at least 4 members (excludes halogenated alkanes) is 3. The predicted octanol–water partition coefficient (Wildman–Crippen LogP) is 3.04. The summed E-state index contributed by atoms with van der Waals surface area (Å²) in [5, 5.41) is 8.19. The van der Waals surface area contributed by atoms with Gasteiger partial charge in [-0.1, -0.05) is 31.9 Å². The van der Waals surface area contributed by atoms with E-state index in [-0.39, 0.29) is 0 Å². The van der Waals surface area contributed by atoms with Crippen LogP contribution in [-0.4, -0.2) is 0 Å². The van der Waals surface area contributed by atoms with Gasteiger partial charge < -0.3 is 0 Å². The lowest BCUT2D eigenvalue weighted by molar-refractivity contribution is 0.811. The first-order valence-corrected chi connectivity index (χ1v) is 3.93. The third kappa shape index (κ3) is 7.23. The lowest BCUT2D eigenvalue weighted by Crippen LogP contribution is -1.67. The maximum Gasteiger partial charge on any atom is 0.0624 e. The predicted molar refractivity (Wildman–Crippen MR) is 43.5 cm³/mol. The van der Waals surface area contributed by atoms with Gasteiger partial charge in [0.1, 0.15) is 0 Å². The van der Waals surface area contributed by atoms with Crippen LogP contribution < -0.4 is 0 Å². The summed E-state index contributed by atoms with van der Waals surface area (Å²) >= 11 is 0. The van der Waals surface area contributed by atoms with Crippen molar-refractivity contribution in [3.63, 3.8) is 0 Å². The first kappa shape index (κ1) is 9.23. The average Bonchev–Trinajstić information content (AvgIpc) is 1.97. The summed E-state index contributed by atoms with van der Waals surface area (Å²) in [7, 11) is 0. The maximum absolute atomic E-state index is 8.19. The summed E-state index contributed by atoms with van der Waals surface area (Å²) in [6.45, 7) is 2.18. The average molecular weight is 136 g/mol. The second-order valence-corrected chi connectivity index (χ2v) is 2.31. The summed E-state index contributed by atoms with van der Waals surface area (Å²) in [5.41, 5.74) is 0. The Labute approximate surface area is 63.4 Å². The van der Waals surface area contributed by atoms with Crippen LogP contribution in [0.15, 0.2) is 12.2 Å². The minimum absolute atomic E-state index is 0.655. The van der Waals surface area contributed by atoms with Gasteiger partial charge in [-0.15, -0.1) is 0 Å². The van der Waals surface area contributed by atoms with Crippen LogP contribution in [0.4, 0.5) is 0 Å². The van der Waals surface area contributed by atoms with E-state index in [2.05, 4.69) is 25.1 Å². The Morgan fingerprint density at radius 3 is 2.60 bits per heavy atom. The van der Waals surface area contributed by atoms with Crippen LogP contribution in [0, 0.1) is 11.3 Å². The fourth-order valence-corrected chi connectivity index (χ4v) is 0.706. The van der Waals surface area contributed by atoms with Crippen LogP contribution in [0.5, 0.6) is 0 Å². The minimum Gasteiger partial charge on any atom is -0.198 e. The van der Waals surface area contributed by atoms with E-state index in [1.807, 2.05) is 0 Å². The van der Waals surface area contributed by atoms with Gasteiger partial charge in [0, 0.05) is 6.42 Å². The Hall–Kier alpha value is -0.770. The fraction of sp³-hybridized carbons (Fsp3) is 0.667. The zero-order valence-electron chi connectivity index (χ0n) is 6.64. The van der Waals surface area contributed by atoms with Crippen molar-refractivity contribution < 1.29 is 0 Å². The van der Waals surface area contributed by atoms with E-state index in [0.717, 1.165) is 6.42 Å². The zero-order valence-corrected chi connectivity index (χ0v) is 6.64. The van der Waals surface area contributed by atoms with Crippen LogP contribution in [0.3, 0.4) is 0 Å². The summed E-state index contributed by atoms with van der Waals surface area (Å²) in [5.74, 6) is 0. The highest BCUT2D eigenvalue weighted by Gasteiger charge is 1.78. The number of allylic oxidation sites excluding steroid dienone is 2. The molecule has 0 atom stereocenters. The van der Waals surface area contributed by atoms with Gasteiger partial charge in [0.25, 0.3) is 0 Å². The van der Waals surface area contributed by atoms with Crippen molar-refractivity contribution in [1.29, 1.82) is 5.26 Å². The monoisotopic (exact) mass is 136 g/mol. The third-order valence-corrected chi connectivity index (χ3v) is 1.31. The molecule has 10 heavy (non-hydrogen) atoms. The molecule has 1 heteroatoms. The molecular formula is C9H15N. The van der Waals surface area contributed by atoms with Gasteiger partial charge in [-0.2, -0.15) is 5.26 Å². The number of nitriles is 1. The topological polar surface area (TPSA) is 23.8 Å². The normalized spacial score (nSPS) is 10.0. The van der Waals surface area contributed by atoms with E-state index in [9.17, 15) is 0 Å². The molecule has 0 aromatic carbocycles. The molecule has 0 aliphatic rings. The first-order valence-electron chi connectivity index (χ1n) is 3.93. The van der Waals surface area contributed by atoms with Crippen LogP contribution in [0.2, 0.25) is 0 Å². The van der Waals surface area contributed by atoms with Crippen molar-refractivity contribution in [3.8, 4) is 6.07 Å². The van der Waals surface area contributed by atoms with E-state index < -0.39 is 0 Å². The number of rotatable bonds is 5. The molecule has 0 aliphatic heterocycles. The SMILES string of the molecule is CCCC/C=C/CC[11C]#N. The Balaban J connectivity index is 2.98. The minimum atomic E-state index is 0.655. The molecule has 56 valence electrons. The molecular weight excluding hydrogens is 121 g/mol. The second kappa shape index (κ2) is 8.23. The highest BCUT2D eigenvalue weighted by atomic mass is 14.1. The molecule has 0 amide bonds. The smallest absolute Gasteiger partial charge is 0.0624 e. The molecule has 0 spiro atoms. The molecule has 0 N–H and O–H groups in total.